The highest BCUT2D eigenvalue weighted by atomic mass is 32.1. The standard InChI is InChI=1S/C26H24B2N2O8S/c1-29-13-23(31)35-27(29,36-24(32)14-29)19-7-3-17(4-8-19)21-11-12-22(39-21)18-5-9-20(10-6-18)28-30(2,15-25(33)37-28)16-26(34)38-28/h3-12H,13-16H2,1-2H3. The van der Waals surface area contributed by atoms with Gasteiger partial charge in [0.05, 0.1) is 0 Å². The number of hydrogen-bond acceptors (Lipinski definition) is 9. The van der Waals surface area contributed by atoms with Gasteiger partial charge >= 0.3 is 37.3 Å². The maximum atomic E-state index is 12.1. The lowest BCUT2D eigenvalue weighted by atomic mass is 9.61. The Morgan fingerprint density at radius 3 is 1.15 bits per heavy atom. The molecule has 2 aromatic carbocycles. The smallest absolute Gasteiger partial charge is 0.596 e. The normalized spacial score (nSPS) is 32.9. The zero-order valence-electron chi connectivity index (χ0n) is 21.3. The second-order valence-corrected chi connectivity index (χ2v) is 12.4. The molecule has 198 valence electrons. The van der Waals surface area contributed by atoms with E-state index in [1.807, 2.05) is 74.8 Å². The number of fused-ring (bicyclic) bond motifs is 2. The number of carbonyl (C=O) groups excluding carboxylic acids is 4. The van der Waals surface area contributed by atoms with Crippen molar-refractivity contribution in [2.45, 2.75) is 0 Å². The lowest BCUT2D eigenvalue weighted by Gasteiger charge is -2.40. The molecule has 0 aliphatic carbocycles. The van der Waals surface area contributed by atoms with Crippen molar-refractivity contribution < 1.29 is 46.6 Å². The van der Waals surface area contributed by atoms with Crippen molar-refractivity contribution in [3.8, 4) is 20.9 Å². The minimum absolute atomic E-state index is 0.103. The Morgan fingerprint density at radius 1 is 0.538 bits per heavy atom. The zero-order chi connectivity index (χ0) is 27.2. The summed E-state index contributed by atoms with van der Waals surface area (Å²) in [6.07, 6.45) is 0. The molecule has 10 nitrogen and oxygen atoms in total. The van der Waals surface area contributed by atoms with E-state index in [-0.39, 0.29) is 58.8 Å². The van der Waals surface area contributed by atoms with Crippen LogP contribution < -0.4 is 10.9 Å². The summed E-state index contributed by atoms with van der Waals surface area (Å²) in [6, 6.07) is 19.3. The fraction of sp³-hybridized carbons (Fsp3) is 0.231. The number of thiophene rings is 1. The van der Waals surface area contributed by atoms with Gasteiger partial charge < -0.3 is 27.4 Å². The van der Waals surface area contributed by atoms with Gasteiger partial charge in [-0.05, 0) is 23.3 Å². The Balaban J connectivity index is 1.15. The van der Waals surface area contributed by atoms with Gasteiger partial charge in [-0.2, -0.15) is 0 Å². The van der Waals surface area contributed by atoms with E-state index >= 15 is 0 Å². The first-order valence-corrected chi connectivity index (χ1v) is 13.5. The summed E-state index contributed by atoms with van der Waals surface area (Å²) in [5.74, 6) is -1.48. The first-order chi connectivity index (χ1) is 18.5. The summed E-state index contributed by atoms with van der Waals surface area (Å²) in [5.41, 5.74) is 3.31. The second kappa shape index (κ2) is 7.81. The van der Waals surface area contributed by atoms with Gasteiger partial charge in [0.25, 0.3) is 0 Å². The Kier molecular flexibility index (Phi) is 4.83. The van der Waals surface area contributed by atoms with Gasteiger partial charge in [-0.25, -0.2) is 0 Å². The van der Waals surface area contributed by atoms with Crippen molar-refractivity contribution in [1.82, 2.24) is 0 Å². The molecule has 7 rings (SSSR count). The highest BCUT2D eigenvalue weighted by Gasteiger charge is 2.67. The van der Waals surface area contributed by atoms with E-state index < -0.39 is 13.4 Å². The van der Waals surface area contributed by atoms with Gasteiger partial charge in [-0.1, -0.05) is 59.5 Å². The molecule has 13 heteroatoms. The summed E-state index contributed by atoms with van der Waals surface area (Å²) in [6.45, 7) is -4.10. The molecule has 4 aliphatic heterocycles. The van der Waals surface area contributed by atoms with Crippen LogP contribution in [0.5, 0.6) is 0 Å². The summed E-state index contributed by atoms with van der Waals surface area (Å²) in [4.78, 5) is 50.5. The first-order valence-electron chi connectivity index (χ1n) is 12.7. The molecule has 0 saturated carbocycles. The number of likely N-dealkylation sites (N-methyl/N-ethyl adjacent to an activating group) is 2. The SMILES string of the molecule is C[N+]12CC(=O)O[B-]1(c1ccc(-c3ccc(-c4ccc([B-]56OC(=O)C[N+]5(C)CC(=O)O6)cc4)s3)cc1)OC(=O)C2. The fourth-order valence-electron chi connectivity index (χ4n) is 6.61. The van der Waals surface area contributed by atoms with Crippen LogP contribution in [0.25, 0.3) is 20.9 Å². The number of quaternary nitrogens is 2. The molecule has 0 N–H and O–H groups in total. The molecule has 0 atom stereocenters. The Hall–Kier alpha value is -3.93. The molecule has 0 amide bonds. The number of rotatable bonds is 4. The Bertz CT molecular complexity index is 1430. The van der Waals surface area contributed by atoms with Crippen molar-refractivity contribution in [2.24, 2.45) is 0 Å². The van der Waals surface area contributed by atoms with Crippen LogP contribution in [-0.2, 0) is 37.8 Å². The van der Waals surface area contributed by atoms with Crippen LogP contribution in [0.2, 0.25) is 0 Å². The predicted octanol–water partition coefficient (Wildman–Crippen LogP) is 0.494. The molecular formula is C26H24B2N2O8S. The molecule has 5 heterocycles. The van der Waals surface area contributed by atoms with Crippen molar-refractivity contribution >= 4 is 59.5 Å². The van der Waals surface area contributed by atoms with Crippen LogP contribution in [-0.4, -0.2) is 86.3 Å². The zero-order valence-corrected chi connectivity index (χ0v) is 22.1. The Labute approximate surface area is 227 Å². The van der Waals surface area contributed by atoms with Crippen LogP contribution >= 0.6 is 11.3 Å². The molecule has 3 aromatic rings. The number of benzene rings is 2. The third-order valence-corrected chi connectivity index (χ3v) is 9.79. The molecule has 4 saturated heterocycles. The lowest BCUT2D eigenvalue weighted by molar-refractivity contribution is -0.791. The summed E-state index contributed by atoms with van der Waals surface area (Å²) >= 11 is 1.61. The number of carbonyl (C=O) groups is 4. The molecule has 0 unspecified atom stereocenters. The molecule has 0 radical (unpaired) electrons. The molecule has 1 aromatic heterocycles. The predicted molar refractivity (Wildman–Crippen MR) is 142 cm³/mol. The van der Waals surface area contributed by atoms with E-state index in [2.05, 4.69) is 0 Å². The first kappa shape index (κ1) is 24.1. The van der Waals surface area contributed by atoms with Gasteiger partial charge in [0.15, 0.2) is 0 Å². The average Bonchev–Trinajstić information content (AvgIpc) is 3.61. The molecule has 39 heavy (non-hydrogen) atoms. The van der Waals surface area contributed by atoms with Gasteiger partial charge in [-0.15, -0.1) is 11.3 Å². The van der Waals surface area contributed by atoms with Crippen molar-refractivity contribution in [3.63, 3.8) is 0 Å². The number of hydrogen-bond donors (Lipinski definition) is 0. The van der Waals surface area contributed by atoms with Crippen LogP contribution in [0, 0.1) is 0 Å². The van der Waals surface area contributed by atoms with E-state index in [0.717, 1.165) is 20.9 Å². The monoisotopic (exact) mass is 546 g/mol. The van der Waals surface area contributed by atoms with Crippen LogP contribution in [0.15, 0.2) is 60.7 Å². The van der Waals surface area contributed by atoms with Crippen molar-refractivity contribution in [1.29, 1.82) is 0 Å². The highest BCUT2D eigenvalue weighted by molar-refractivity contribution is 7.18. The van der Waals surface area contributed by atoms with Crippen LogP contribution in [0.4, 0.5) is 0 Å². The summed E-state index contributed by atoms with van der Waals surface area (Å²) in [7, 11) is 3.63. The fourth-order valence-corrected chi connectivity index (χ4v) is 7.63. The van der Waals surface area contributed by atoms with Crippen molar-refractivity contribution in [2.75, 3.05) is 40.3 Å². The third-order valence-electron chi connectivity index (χ3n) is 8.61. The largest absolute Gasteiger partial charge is 0.614 e. The maximum absolute atomic E-state index is 12.1. The van der Waals surface area contributed by atoms with E-state index in [4.69, 9.17) is 18.6 Å². The van der Waals surface area contributed by atoms with Crippen molar-refractivity contribution in [3.05, 3.63) is 60.7 Å². The average molecular weight is 546 g/mol. The molecule has 0 bridgehead atoms. The van der Waals surface area contributed by atoms with Crippen LogP contribution in [0.1, 0.15) is 0 Å². The minimum atomic E-state index is -2.26. The van der Waals surface area contributed by atoms with Crippen LogP contribution in [0.3, 0.4) is 0 Å². The summed E-state index contributed by atoms with van der Waals surface area (Å²) < 4.78 is 22.7. The van der Waals surface area contributed by atoms with E-state index in [9.17, 15) is 19.2 Å². The molecule has 0 spiro atoms. The van der Waals surface area contributed by atoms with E-state index in [1.165, 1.54) is 0 Å². The molecular weight excluding hydrogens is 522 g/mol. The maximum Gasteiger partial charge on any atom is 0.614 e. The second-order valence-electron chi connectivity index (χ2n) is 11.3. The summed E-state index contributed by atoms with van der Waals surface area (Å²) in [5, 5.41) is 0. The third kappa shape index (κ3) is 3.30. The highest BCUT2D eigenvalue weighted by Crippen LogP contribution is 2.37. The van der Waals surface area contributed by atoms with Gasteiger partial charge in [-0.3, -0.25) is 19.2 Å². The molecule has 4 fully saturated rings. The Morgan fingerprint density at radius 2 is 0.846 bits per heavy atom. The topological polar surface area (TPSA) is 105 Å². The van der Waals surface area contributed by atoms with E-state index in [0.29, 0.717) is 10.9 Å². The quantitative estimate of drug-likeness (QED) is 0.436. The lowest BCUT2D eigenvalue weighted by Crippen LogP contribution is -2.67. The van der Waals surface area contributed by atoms with Gasteiger partial charge in [0, 0.05) is 23.8 Å². The number of nitrogens with zero attached hydrogens (tertiary/aromatic N) is 2. The van der Waals surface area contributed by atoms with Gasteiger partial charge in [0.2, 0.25) is 0 Å². The molecule has 4 aliphatic rings. The van der Waals surface area contributed by atoms with E-state index in [1.54, 1.807) is 11.3 Å². The minimum Gasteiger partial charge on any atom is -0.596 e. The van der Waals surface area contributed by atoms with Gasteiger partial charge in [0.1, 0.15) is 26.2 Å².